The summed E-state index contributed by atoms with van der Waals surface area (Å²) in [7, 11) is 0. The van der Waals surface area contributed by atoms with E-state index in [4.69, 9.17) is 4.74 Å². The first kappa shape index (κ1) is 21.1. The predicted octanol–water partition coefficient (Wildman–Crippen LogP) is 4.17. The van der Waals surface area contributed by atoms with Crippen LogP contribution in [0.15, 0.2) is 18.2 Å². The average Bonchev–Trinajstić information content (AvgIpc) is 2.63. The van der Waals surface area contributed by atoms with E-state index in [1.165, 1.54) is 0 Å². The number of carboxylic acid groups (broad SMARTS) is 1. The van der Waals surface area contributed by atoms with Crippen molar-refractivity contribution in [3.63, 3.8) is 0 Å². The van der Waals surface area contributed by atoms with E-state index >= 15 is 0 Å². The Morgan fingerprint density at radius 1 is 1.15 bits per heavy atom. The minimum absolute atomic E-state index is 0.0314. The van der Waals surface area contributed by atoms with E-state index < -0.39 is 5.97 Å². The number of hydrogen-bond acceptors (Lipinski definition) is 4. The topological polar surface area (TPSA) is 70.1 Å². The Bertz CT molecular complexity index is 662. The number of rotatable bonds is 7. The van der Waals surface area contributed by atoms with Crippen LogP contribution in [0.1, 0.15) is 62.9 Å². The van der Waals surface area contributed by atoms with Gasteiger partial charge in [0, 0.05) is 30.9 Å². The Kier molecular flexibility index (Phi) is 7.51. The minimum Gasteiger partial charge on any atom is -0.478 e. The molecule has 0 aromatic heterocycles. The molecule has 1 heterocycles. The molecule has 2 rings (SSSR count). The lowest BCUT2D eigenvalue weighted by molar-refractivity contribution is 0.0695. The molecule has 0 bridgehead atoms. The summed E-state index contributed by atoms with van der Waals surface area (Å²) < 4.78 is 5.39. The maximum absolute atomic E-state index is 12.4. The molecule has 0 unspecified atom stereocenters. The number of carbonyl (C=O) groups is 2. The zero-order valence-corrected chi connectivity index (χ0v) is 16.9. The summed E-state index contributed by atoms with van der Waals surface area (Å²) >= 11 is 0. The van der Waals surface area contributed by atoms with E-state index in [-0.39, 0.29) is 18.2 Å². The van der Waals surface area contributed by atoms with Crippen LogP contribution in [-0.2, 0) is 11.2 Å². The number of aromatic carboxylic acids is 1. The van der Waals surface area contributed by atoms with E-state index in [0.29, 0.717) is 25.3 Å². The Labute approximate surface area is 162 Å². The third-order valence-corrected chi connectivity index (χ3v) is 5.10. The van der Waals surface area contributed by atoms with Crippen molar-refractivity contribution in [2.24, 2.45) is 0 Å². The highest BCUT2D eigenvalue weighted by atomic mass is 16.6. The first-order valence-corrected chi connectivity index (χ1v) is 9.95. The highest BCUT2D eigenvalue weighted by Gasteiger charge is 2.33. The lowest BCUT2D eigenvalue weighted by Crippen LogP contribution is -2.58. The number of amides is 1. The van der Waals surface area contributed by atoms with Gasteiger partial charge in [0.2, 0.25) is 0 Å². The number of carboxylic acids is 1. The van der Waals surface area contributed by atoms with Crippen LogP contribution in [0.5, 0.6) is 0 Å². The molecule has 1 aromatic rings. The van der Waals surface area contributed by atoms with Crippen LogP contribution < -0.4 is 4.90 Å². The molecule has 150 valence electrons. The summed E-state index contributed by atoms with van der Waals surface area (Å²) in [6.45, 7) is 10.1. The molecule has 0 radical (unpaired) electrons. The van der Waals surface area contributed by atoms with Crippen LogP contribution >= 0.6 is 0 Å². The first-order chi connectivity index (χ1) is 12.9. The van der Waals surface area contributed by atoms with Gasteiger partial charge >= 0.3 is 12.1 Å². The lowest BCUT2D eigenvalue weighted by atomic mass is 10.00. The third-order valence-electron chi connectivity index (χ3n) is 5.10. The van der Waals surface area contributed by atoms with E-state index in [9.17, 15) is 14.7 Å². The van der Waals surface area contributed by atoms with E-state index in [2.05, 4.69) is 25.7 Å². The molecule has 2 atom stereocenters. The lowest BCUT2D eigenvalue weighted by Gasteiger charge is -2.45. The Morgan fingerprint density at radius 3 is 2.52 bits per heavy atom. The van der Waals surface area contributed by atoms with Crippen molar-refractivity contribution in [2.75, 3.05) is 24.6 Å². The molecule has 1 fully saturated rings. The van der Waals surface area contributed by atoms with Gasteiger partial charge in [-0.3, -0.25) is 0 Å². The fourth-order valence-electron chi connectivity index (χ4n) is 3.57. The van der Waals surface area contributed by atoms with Gasteiger partial charge in [0.1, 0.15) is 0 Å². The second-order valence-corrected chi connectivity index (χ2v) is 7.37. The van der Waals surface area contributed by atoms with Crippen molar-refractivity contribution >= 4 is 17.7 Å². The molecule has 0 saturated carbocycles. The molecule has 1 saturated heterocycles. The molecule has 1 N–H and O–H groups in total. The van der Waals surface area contributed by atoms with E-state index in [1.807, 2.05) is 17.9 Å². The number of piperazine rings is 1. The molecule has 0 aliphatic carbocycles. The summed E-state index contributed by atoms with van der Waals surface area (Å²) in [4.78, 5) is 27.8. The van der Waals surface area contributed by atoms with Crippen LogP contribution in [0.25, 0.3) is 0 Å². The maximum atomic E-state index is 12.4. The smallest absolute Gasteiger partial charge is 0.410 e. The number of ether oxygens (including phenoxy) is 1. The Morgan fingerprint density at radius 2 is 1.89 bits per heavy atom. The van der Waals surface area contributed by atoms with Gasteiger partial charge in [-0.1, -0.05) is 26.7 Å². The van der Waals surface area contributed by atoms with Crippen molar-refractivity contribution in [1.82, 2.24) is 4.90 Å². The number of anilines is 1. The quantitative estimate of drug-likeness (QED) is 0.723. The Balaban J connectivity index is 2.17. The number of aryl methyl sites for hydroxylation is 1. The molecular weight excluding hydrogens is 344 g/mol. The predicted molar refractivity (Wildman–Crippen MR) is 107 cm³/mol. The molecule has 1 amide bonds. The fraction of sp³-hybridized carbons (Fsp3) is 0.619. The largest absolute Gasteiger partial charge is 0.478 e. The van der Waals surface area contributed by atoms with Crippen molar-refractivity contribution in [1.29, 1.82) is 0 Å². The molecule has 6 heteroatoms. The number of unbranched alkanes of at least 4 members (excludes halogenated alkanes) is 1. The van der Waals surface area contributed by atoms with E-state index in [1.54, 1.807) is 12.1 Å². The van der Waals surface area contributed by atoms with Gasteiger partial charge < -0.3 is 19.6 Å². The molecule has 1 aliphatic heterocycles. The molecule has 1 aromatic carbocycles. The molecule has 27 heavy (non-hydrogen) atoms. The van der Waals surface area contributed by atoms with Gasteiger partial charge in [-0.25, -0.2) is 9.59 Å². The number of benzene rings is 1. The maximum Gasteiger partial charge on any atom is 0.410 e. The normalized spacial score (nSPS) is 19.9. The fourth-order valence-corrected chi connectivity index (χ4v) is 3.57. The first-order valence-electron chi connectivity index (χ1n) is 9.95. The number of hydrogen-bond donors (Lipinski definition) is 1. The highest BCUT2D eigenvalue weighted by Crippen LogP contribution is 2.29. The van der Waals surface area contributed by atoms with Gasteiger partial charge in [-0.15, -0.1) is 0 Å². The van der Waals surface area contributed by atoms with Crippen LogP contribution in [-0.4, -0.2) is 53.8 Å². The summed E-state index contributed by atoms with van der Waals surface area (Å²) in [5.74, 6) is -0.903. The average molecular weight is 376 g/mol. The summed E-state index contributed by atoms with van der Waals surface area (Å²) in [5.41, 5.74) is 2.44. The van der Waals surface area contributed by atoms with Gasteiger partial charge in [0.15, 0.2) is 0 Å². The minimum atomic E-state index is -0.903. The van der Waals surface area contributed by atoms with Crippen LogP contribution in [0.2, 0.25) is 0 Å². The summed E-state index contributed by atoms with van der Waals surface area (Å²) in [5, 5.41) is 9.29. The van der Waals surface area contributed by atoms with Crippen molar-refractivity contribution in [2.45, 2.75) is 65.5 Å². The molecule has 1 aliphatic rings. The SMILES string of the molecule is CCCCOC(=O)N1C[C@@H](C)N(c2ccc(C(=O)O)cc2CCC)C[C@@H]1C. The second kappa shape index (κ2) is 9.62. The monoisotopic (exact) mass is 376 g/mol. The van der Waals surface area contributed by atoms with Crippen molar-refractivity contribution < 1.29 is 19.4 Å². The van der Waals surface area contributed by atoms with Crippen LogP contribution in [0.3, 0.4) is 0 Å². The second-order valence-electron chi connectivity index (χ2n) is 7.37. The van der Waals surface area contributed by atoms with Crippen LogP contribution in [0, 0.1) is 0 Å². The van der Waals surface area contributed by atoms with Gasteiger partial charge in [0.25, 0.3) is 0 Å². The van der Waals surface area contributed by atoms with Gasteiger partial charge in [0.05, 0.1) is 12.2 Å². The standard InChI is InChI=1S/C21H32N2O4/c1-5-7-11-27-21(26)23-14-15(3)22(13-16(23)4)19-10-9-18(20(24)25)12-17(19)8-6-2/h9-10,12,15-16H,5-8,11,13-14H2,1-4H3,(H,24,25)/t15-,16+/m1/s1. The Hall–Kier alpha value is -2.24. The third kappa shape index (κ3) is 5.15. The van der Waals surface area contributed by atoms with Crippen molar-refractivity contribution in [3.8, 4) is 0 Å². The van der Waals surface area contributed by atoms with Crippen molar-refractivity contribution in [3.05, 3.63) is 29.3 Å². The van der Waals surface area contributed by atoms with Gasteiger partial charge in [-0.2, -0.15) is 0 Å². The number of carbonyl (C=O) groups excluding carboxylic acids is 1. The highest BCUT2D eigenvalue weighted by molar-refractivity contribution is 5.88. The van der Waals surface area contributed by atoms with E-state index in [0.717, 1.165) is 36.9 Å². The zero-order valence-electron chi connectivity index (χ0n) is 16.9. The molecule has 0 spiro atoms. The summed E-state index contributed by atoms with van der Waals surface area (Å²) in [6, 6.07) is 5.52. The number of nitrogens with zero attached hydrogens (tertiary/aromatic N) is 2. The van der Waals surface area contributed by atoms with Gasteiger partial charge in [-0.05, 0) is 50.5 Å². The molecular formula is C21H32N2O4. The zero-order chi connectivity index (χ0) is 20.0. The van der Waals surface area contributed by atoms with Crippen LogP contribution in [0.4, 0.5) is 10.5 Å². The summed E-state index contributed by atoms with van der Waals surface area (Å²) in [6.07, 6.45) is 3.42. The molecule has 6 nitrogen and oxygen atoms in total.